The van der Waals surface area contributed by atoms with Crippen molar-refractivity contribution in [2.24, 2.45) is 5.92 Å². The van der Waals surface area contributed by atoms with Crippen LogP contribution >= 0.6 is 11.3 Å². The van der Waals surface area contributed by atoms with Gasteiger partial charge in [-0.2, -0.15) is 4.31 Å². The molecule has 9 heteroatoms. The highest BCUT2D eigenvalue weighted by Crippen LogP contribution is 2.28. The van der Waals surface area contributed by atoms with Crippen LogP contribution in [0.1, 0.15) is 43.7 Å². The summed E-state index contributed by atoms with van der Waals surface area (Å²) in [6.45, 7) is 4.87. The van der Waals surface area contributed by atoms with Crippen LogP contribution < -0.4 is 5.32 Å². The van der Waals surface area contributed by atoms with Gasteiger partial charge < -0.3 is 5.32 Å². The Balaban J connectivity index is 1.60. The van der Waals surface area contributed by atoms with E-state index in [0.717, 1.165) is 25.0 Å². The lowest BCUT2D eigenvalue weighted by Gasteiger charge is -2.30. The molecule has 28 heavy (non-hydrogen) atoms. The summed E-state index contributed by atoms with van der Waals surface area (Å²) in [5, 5.41) is 3.59. The summed E-state index contributed by atoms with van der Waals surface area (Å²) in [7, 11) is -3.55. The normalized spacial score (nSPS) is 16.2. The molecule has 3 heterocycles. The Kier molecular flexibility index (Phi) is 6.79. The molecule has 0 unspecified atom stereocenters. The topological polar surface area (TPSA) is 92.3 Å². The molecule has 2 aromatic rings. The molecule has 1 aliphatic heterocycles. The molecule has 0 aromatic carbocycles. The van der Waals surface area contributed by atoms with E-state index >= 15 is 0 Å². The van der Waals surface area contributed by atoms with E-state index in [2.05, 4.69) is 29.1 Å². The maximum absolute atomic E-state index is 12.7. The highest BCUT2D eigenvalue weighted by molar-refractivity contribution is 7.89. The second-order valence-corrected chi connectivity index (χ2v) is 9.87. The van der Waals surface area contributed by atoms with Gasteiger partial charge in [0.25, 0.3) is 0 Å². The number of carbonyl (C=O) groups is 1. The number of rotatable bonds is 7. The van der Waals surface area contributed by atoms with Crippen molar-refractivity contribution in [1.29, 1.82) is 0 Å². The maximum Gasteiger partial charge on any atom is 0.244 e. The van der Waals surface area contributed by atoms with E-state index in [1.807, 2.05) is 0 Å². The van der Waals surface area contributed by atoms with E-state index < -0.39 is 10.0 Å². The Labute approximate surface area is 170 Å². The average Bonchev–Trinajstić information content (AvgIpc) is 3.10. The Morgan fingerprint density at radius 1 is 1.32 bits per heavy atom. The quantitative estimate of drug-likeness (QED) is 0.740. The number of hydrogen-bond acceptors (Lipinski definition) is 6. The molecule has 1 N–H and O–H groups in total. The molecular formula is C19H26N4O3S2. The Morgan fingerprint density at radius 2 is 2.07 bits per heavy atom. The number of pyridine rings is 1. The van der Waals surface area contributed by atoms with Crippen LogP contribution in [0.3, 0.4) is 0 Å². The molecule has 0 atom stereocenters. The Hall–Kier alpha value is -1.84. The van der Waals surface area contributed by atoms with Crippen LogP contribution in [-0.4, -0.2) is 41.7 Å². The fraction of sp³-hybridized carbons (Fsp3) is 0.526. The van der Waals surface area contributed by atoms with Crippen LogP contribution in [0, 0.1) is 5.92 Å². The third-order valence-corrected chi connectivity index (χ3v) is 7.95. The zero-order valence-corrected chi connectivity index (χ0v) is 17.9. The third-order valence-electron chi connectivity index (χ3n) is 4.91. The number of aryl methyl sites for hydroxylation is 2. The van der Waals surface area contributed by atoms with Crippen molar-refractivity contribution < 1.29 is 13.2 Å². The van der Waals surface area contributed by atoms with E-state index in [0.29, 0.717) is 31.1 Å². The summed E-state index contributed by atoms with van der Waals surface area (Å²) in [6.07, 6.45) is 6.75. The van der Waals surface area contributed by atoms with Gasteiger partial charge in [-0.25, -0.2) is 13.4 Å². The summed E-state index contributed by atoms with van der Waals surface area (Å²) < 4.78 is 26.8. The molecule has 7 nitrogen and oxygen atoms in total. The summed E-state index contributed by atoms with van der Waals surface area (Å²) >= 11 is 1.54. The fourth-order valence-electron chi connectivity index (χ4n) is 3.36. The zero-order valence-electron chi connectivity index (χ0n) is 16.2. The molecule has 1 aliphatic rings. The first-order chi connectivity index (χ1) is 13.5. The minimum atomic E-state index is -3.55. The van der Waals surface area contributed by atoms with Crippen LogP contribution in [0.2, 0.25) is 0 Å². The van der Waals surface area contributed by atoms with Gasteiger partial charge in [0.2, 0.25) is 15.9 Å². The van der Waals surface area contributed by atoms with Gasteiger partial charge in [0.1, 0.15) is 4.90 Å². The zero-order chi connectivity index (χ0) is 20.1. The summed E-state index contributed by atoms with van der Waals surface area (Å²) in [5.41, 5.74) is 1.07. The number of nitrogens with zero attached hydrogens (tertiary/aromatic N) is 3. The molecule has 152 valence electrons. The number of carbonyl (C=O) groups excluding carboxylic acids is 1. The molecule has 1 fully saturated rings. The average molecular weight is 423 g/mol. The smallest absolute Gasteiger partial charge is 0.244 e. The maximum atomic E-state index is 12.7. The van der Waals surface area contributed by atoms with Crippen LogP contribution in [-0.2, 0) is 27.7 Å². The molecular weight excluding hydrogens is 396 g/mol. The van der Waals surface area contributed by atoms with Crippen molar-refractivity contribution in [2.75, 3.05) is 18.4 Å². The number of sulfonamides is 1. The second-order valence-electron chi connectivity index (χ2n) is 6.85. The monoisotopic (exact) mass is 422 g/mol. The minimum absolute atomic E-state index is 0.0714. The van der Waals surface area contributed by atoms with Gasteiger partial charge in [-0.05, 0) is 37.8 Å². The lowest BCUT2D eigenvalue weighted by atomic mass is 9.97. The first kappa shape index (κ1) is 20.9. The predicted octanol–water partition coefficient (Wildman–Crippen LogP) is 3.09. The highest BCUT2D eigenvalue weighted by Gasteiger charge is 2.32. The van der Waals surface area contributed by atoms with Crippen molar-refractivity contribution >= 4 is 32.4 Å². The first-order valence-corrected chi connectivity index (χ1v) is 11.9. The first-order valence-electron chi connectivity index (χ1n) is 9.65. The lowest BCUT2D eigenvalue weighted by Crippen LogP contribution is -2.41. The van der Waals surface area contributed by atoms with Crippen molar-refractivity contribution in [2.45, 2.75) is 50.8 Å². The molecule has 0 radical (unpaired) electrons. The number of anilines is 1. The van der Waals surface area contributed by atoms with E-state index in [4.69, 9.17) is 0 Å². The van der Waals surface area contributed by atoms with Gasteiger partial charge >= 0.3 is 0 Å². The summed E-state index contributed by atoms with van der Waals surface area (Å²) in [6, 6.07) is 3.15. The van der Waals surface area contributed by atoms with Gasteiger partial charge in [0.05, 0.1) is 5.69 Å². The number of aromatic nitrogens is 2. The largest absolute Gasteiger partial charge is 0.302 e. The molecule has 3 rings (SSSR count). The number of hydrogen-bond donors (Lipinski definition) is 1. The van der Waals surface area contributed by atoms with Gasteiger partial charge in [-0.3, -0.25) is 9.78 Å². The number of amides is 1. The van der Waals surface area contributed by atoms with Gasteiger partial charge in [0, 0.05) is 36.3 Å². The minimum Gasteiger partial charge on any atom is -0.302 e. The highest BCUT2D eigenvalue weighted by atomic mass is 32.2. The van der Waals surface area contributed by atoms with Crippen LogP contribution in [0.4, 0.5) is 5.13 Å². The van der Waals surface area contributed by atoms with E-state index in [9.17, 15) is 13.2 Å². The van der Waals surface area contributed by atoms with E-state index in [1.165, 1.54) is 26.7 Å². The van der Waals surface area contributed by atoms with Crippen molar-refractivity contribution in [1.82, 2.24) is 14.3 Å². The second kappa shape index (κ2) is 9.11. The van der Waals surface area contributed by atoms with Crippen LogP contribution in [0.5, 0.6) is 0 Å². The van der Waals surface area contributed by atoms with E-state index in [1.54, 1.807) is 18.3 Å². The summed E-state index contributed by atoms with van der Waals surface area (Å²) in [5.74, 6) is -0.276. The Morgan fingerprint density at radius 3 is 2.68 bits per heavy atom. The standard InChI is InChI=1S/C19H26N4O3S2/c1-3-6-16-17(4-2)27-19(21-16)22-18(24)14-8-11-23(12-9-14)28(25,26)15-7-5-10-20-13-15/h5,7,10,13-14H,3-4,6,8-9,11-12H2,1-2H3,(H,21,22,24). The molecule has 0 spiro atoms. The molecule has 2 aromatic heterocycles. The summed E-state index contributed by atoms with van der Waals surface area (Å²) in [4.78, 5) is 22.5. The SMILES string of the molecule is CCCc1nc(NC(=O)C2CCN(S(=O)(=O)c3cccnc3)CC2)sc1CC. The molecule has 1 amide bonds. The number of thiazole rings is 1. The van der Waals surface area contributed by atoms with Crippen molar-refractivity contribution in [3.05, 3.63) is 35.1 Å². The van der Waals surface area contributed by atoms with Crippen LogP contribution in [0.15, 0.2) is 29.4 Å². The molecule has 0 aliphatic carbocycles. The fourth-order valence-corrected chi connectivity index (χ4v) is 5.74. The Bertz CT molecular complexity index is 905. The van der Waals surface area contributed by atoms with Gasteiger partial charge in [-0.15, -0.1) is 11.3 Å². The van der Waals surface area contributed by atoms with Crippen LogP contribution in [0.25, 0.3) is 0 Å². The lowest BCUT2D eigenvalue weighted by molar-refractivity contribution is -0.120. The molecule has 1 saturated heterocycles. The third kappa shape index (κ3) is 4.59. The van der Waals surface area contributed by atoms with E-state index in [-0.39, 0.29) is 16.7 Å². The predicted molar refractivity (Wildman–Crippen MR) is 110 cm³/mol. The number of nitrogens with one attached hydrogen (secondary N) is 1. The molecule has 0 saturated carbocycles. The van der Waals surface area contributed by atoms with Gasteiger partial charge in [-0.1, -0.05) is 20.3 Å². The number of piperidine rings is 1. The van der Waals surface area contributed by atoms with Gasteiger partial charge in [0.15, 0.2) is 5.13 Å². The molecule has 0 bridgehead atoms. The van der Waals surface area contributed by atoms with Crippen molar-refractivity contribution in [3.63, 3.8) is 0 Å². The van der Waals surface area contributed by atoms with Crippen molar-refractivity contribution in [3.8, 4) is 0 Å².